The van der Waals surface area contributed by atoms with E-state index >= 15 is 0 Å². The monoisotopic (exact) mass is 316 g/mol. The van der Waals surface area contributed by atoms with Crippen molar-refractivity contribution < 1.29 is 14.3 Å². The van der Waals surface area contributed by atoms with Crippen LogP contribution < -0.4 is 10.1 Å². The fourth-order valence-electron chi connectivity index (χ4n) is 3.03. The van der Waals surface area contributed by atoms with Crippen molar-refractivity contribution in [3.63, 3.8) is 0 Å². The highest BCUT2D eigenvalue weighted by Crippen LogP contribution is 2.28. The quantitative estimate of drug-likeness (QED) is 0.905. The first-order chi connectivity index (χ1) is 11.2. The Morgan fingerprint density at radius 3 is 2.87 bits per heavy atom. The van der Waals surface area contributed by atoms with Crippen molar-refractivity contribution in [1.82, 2.24) is 10.2 Å². The number of nitrogens with zero attached hydrogens (tertiary/aromatic N) is 1. The van der Waals surface area contributed by atoms with Crippen LogP contribution in [0.4, 0.5) is 0 Å². The fraction of sp³-hybridized carbons (Fsp3) is 0.556. The zero-order valence-electron chi connectivity index (χ0n) is 13.6. The van der Waals surface area contributed by atoms with Crippen LogP contribution in [0, 0.1) is 11.8 Å². The van der Waals surface area contributed by atoms with Gasteiger partial charge in [0.05, 0.1) is 13.0 Å². The normalized spacial score (nSPS) is 20.9. The number of hydrogen-bond donors (Lipinski definition) is 1. The molecule has 5 heteroatoms. The van der Waals surface area contributed by atoms with Crippen LogP contribution in [0.25, 0.3) is 0 Å². The highest BCUT2D eigenvalue weighted by molar-refractivity contribution is 5.95. The van der Waals surface area contributed by atoms with Gasteiger partial charge in [0.15, 0.2) is 0 Å². The lowest BCUT2D eigenvalue weighted by Crippen LogP contribution is -2.45. The fourth-order valence-corrected chi connectivity index (χ4v) is 3.03. The highest BCUT2D eigenvalue weighted by Gasteiger charge is 2.30. The summed E-state index contributed by atoms with van der Waals surface area (Å²) >= 11 is 0. The summed E-state index contributed by atoms with van der Waals surface area (Å²) in [7, 11) is 1.59. The number of carbonyl (C=O) groups excluding carboxylic acids is 2. The summed E-state index contributed by atoms with van der Waals surface area (Å²) in [5.74, 6) is 1.34. The van der Waals surface area contributed by atoms with Crippen LogP contribution in [0.15, 0.2) is 24.3 Å². The van der Waals surface area contributed by atoms with E-state index in [0.29, 0.717) is 30.3 Å². The first kappa shape index (κ1) is 15.8. The smallest absolute Gasteiger partial charge is 0.254 e. The van der Waals surface area contributed by atoms with Crippen molar-refractivity contribution in [2.24, 2.45) is 11.8 Å². The molecular weight excluding hydrogens is 292 g/mol. The third-order valence-electron chi connectivity index (χ3n) is 4.66. The first-order valence-electron chi connectivity index (χ1n) is 8.38. The summed E-state index contributed by atoms with van der Waals surface area (Å²) in [6.07, 6.45) is 4.19. The molecule has 0 aromatic heterocycles. The summed E-state index contributed by atoms with van der Waals surface area (Å²) in [6.45, 7) is 2.01. The maximum Gasteiger partial charge on any atom is 0.254 e. The van der Waals surface area contributed by atoms with Crippen molar-refractivity contribution >= 4 is 11.8 Å². The lowest BCUT2D eigenvalue weighted by Gasteiger charge is -2.32. The molecule has 0 radical (unpaired) electrons. The number of carbonyl (C=O) groups is 2. The molecule has 2 fully saturated rings. The third kappa shape index (κ3) is 4.03. The van der Waals surface area contributed by atoms with E-state index in [1.165, 1.54) is 12.8 Å². The van der Waals surface area contributed by atoms with Gasteiger partial charge in [0.2, 0.25) is 5.91 Å². The number of piperidine rings is 1. The van der Waals surface area contributed by atoms with E-state index in [4.69, 9.17) is 4.74 Å². The molecule has 1 heterocycles. The Bertz CT molecular complexity index is 583. The molecule has 1 aromatic carbocycles. The van der Waals surface area contributed by atoms with Gasteiger partial charge in [0.1, 0.15) is 5.75 Å². The predicted octanol–water partition coefficient (Wildman–Crippen LogP) is 2.07. The molecule has 3 rings (SSSR count). The molecule has 23 heavy (non-hydrogen) atoms. The lowest BCUT2D eigenvalue weighted by atomic mass is 9.96. The summed E-state index contributed by atoms with van der Waals surface area (Å²) in [5, 5.41) is 3.03. The van der Waals surface area contributed by atoms with E-state index in [9.17, 15) is 9.59 Å². The Morgan fingerprint density at radius 1 is 1.30 bits per heavy atom. The van der Waals surface area contributed by atoms with Gasteiger partial charge < -0.3 is 15.0 Å². The number of methoxy groups -OCH3 is 1. The average Bonchev–Trinajstić information content (AvgIpc) is 3.43. The Kier molecular flexibility index (Phi) is 4.84. The zero-order valence-corrected chi connectivity index (χ0v) is 13.6. The van der Waals surface area contributed by atoms with Gasteiger partial charge in [-0.3, -0.25) is 9.59 Å². The van der Waals surface area contributed by atoms with Crippen LogP contribution in [0.5, 0.6) is 5.75 Å². The number of nitrogens with one attached hydrogen (secondary N) is 1. The molecule has 1 atom stereocenters. The maximum atomic E-state index is 12.7. The molecule has 1 aliphatic heterocycles. The number of amides is 2. The molecule has 2 aliphatic rings. The van der Waals surface area contributed by atoms with Crippen molar-refractivity contribution in [2.75, 3.05) is 26.7 Å². The molecule has 1 aliphatic carbocycles. The van der Waals surface area contributed by atoms with E-state index in [-0.39, 0.29) is 17.7 Å². The third-order valence-corrected chi connectivity index (χ3v) is 4.66. The molecule has 0 spiro atoms. The van der Waals surface area contributed by atoms with Crippen molar-refractivity contribution in [3.05, 3.63) is 29.8 Å². The number of ether oxygens (including phenoxy) is 1. The van der Waals surface area contributed by atoms with Crippen LogP contribution in [-0.4, -0.2) is 43.5 Å². The van der Waals surface area contributed by atoms with Crippen molar-refractivity contribution in [2.45, 2.75) is 25.7 Å². The number of likely N-dealkylation sites (tertiary alicyclic amines) is 1. The van der Waals surface area contributed by atoms with Crippen LogP contribution >= 0.6 is 0 Å². The number of rotatable bonds is 5. The van der Waals surface area contributed by atoms with Gasteiger partial charge in [0.25, 0.3) is 5.91 Å². The average molecular weight is 316 g/mol. The van der Waals surface area contributed by atoms with Crippen LogP contribution in [0.2, 0.25) is 0 Å². The van der Waals surface area contributed by atoms with Gasteiger partial charge >= 0.3 is 0 Å². The standard InChI is InChI=1S/C18H24N2O3/c1-23-16-6-2-4-14(10-16)18(22)20-9-3-5-15(12-20)17(21)19-11-13-7-8-13/h2,4,6,10,13,15H,3,5,7-9,11-12H2,1H3,(H,19,21)/t15-/m1/s1. The Morgan fingerprint density at radius 2 is 2.13 bits per heavy atom. The van der Waals surface area contributed by atoms with E-state index < -0.39 is 0 Å². The highest BCUT2D eigenvalue weighted by atomic mass is 16.5. The van der Waals surface area contributed by atoms with Gasteiger partial charge in [0, 0.05) is 25.2 Å². The molecule has 0 bridgehead atoms. The molecule has 0 unspecified atom stereocenters. The molecule has 1 saturated carbocycles. The Hall–Kier alpha value is -2.04. The van der Waals surface area contributed by atoms with Gasteiger partial charge in [-0.05, 0) is 49.8 Å². The Labute approximate surface area is 137 Å². The van der Waals surface area contributed by atoms with Gasteiger partial charge in [-0.2, -0.15) is 0 Å². The first-order valence-corrected chi connectivity index (χ1v) is 8.38. The second kappa shape index (κ2) is 7.02. The molecule has 124 valence electrons. The summed E-state index contributed by atoms with van der Waals surface area (Å²) in [6, 6.07) is 7.18. The Balaban J connectivity index is 1.60. The molecule has 1 N–H and O–H groups in total. The largest absolute Gasteiger partial charge is 0.497 e. The molecular formula is C18H24N2O3. The maximum absolute atomic E-state index is 12.7. The zero-order chi connectivity index (χ0) is 16.2. The molecule has 1 saturated heterocycles. The predicted molar refractivity (Wildman–Crippen MR) is 87.4 cm³/mol. The SMILES string of the molecule is COc1cccc(C(=O)N2CCC[C@@H](C(=O)NCC3CC3)C2)c1. The van der Waals surface area contributed by atoms with Crippen LogP contribution in [0.3, 0.4) is 0 Å². The van der Waals surface area contributed by atoms with E-state index in [0.717, 1.165) is 19.4 Å². The molecule has 2 amide bonds. The van der Waals surface area contributed by atoms with Crippen molar-refractivity contribution in [3.8, 4) is 5.75 Å². The van der Waals surface area contributed by atoms with Gasteiger partial charge in [-0.1, -0.05) is 6.07 Å². The van der Waals surface area contributed by atoms with Crippen LogP contribution in [-0.2, 0) is 4.79 Å². The second-order valence-electron chi connectivity index (χ2n) is 6.51. The summed E-state index contributed by atoms with van der Waals surface area (Å²) in [5.41, 5.74) is 0.614. The molecule has 5 nitrogen and oxygen atoms in total. The van der Waals surface area contributed by atoms with E-state index in [1.807, 2.05) is 12.1 Å². The number of hydrogen-bond acceptors (Lipinski definition) is 3. The molecule has 1 aromatic rings. The minimum Gasteiger partial charge on any atom is -0.497 e. The van der Waals surface area contributed by atoms with Crippen molar-refractivity contribution in [1.29, 1.82) is 0 Å². The van der Waals surface area contributed by atoms with Crippen LogP contribution in [0.1, 0.15) is 36.0 Å². The minimum absolute atomic E-state index is 0.0245. The van der Waals surface area contributed by atoms with E-state index in [2.05, 4.69) is 5.32 Å². The second-order valence-corrected chi connectivity index (χ2v) is 6.51. The summed E-state index contributed by atoms with van der Waals surface area (Å²) in [4.78, 5) is 26.7. The van der Waals surface area contributed by atoms with E-state index in [1.54, 1.807) is 24.1 Å². The summed E-state index contributed by atoms with van der Waals surface area (Å²) < 4.78 is 5.18. The van der Waals surface area contributed by atoms with Gasteiger partial charge in [-0.15, -0.1) is 0 Å². The topological polar surface area (TPSA) is 58.6 Å². The van der Waals surface area contributed by atoms with Gasteiger partial charge in [-0.25, -0.2) is 0 Å². The minimum atomic E-state index is -0.0861. The lowest BCUT2D eigenvalue weighted by molar-refractivity contribution is -0.126. The number of benzene rings is 1.